The number of oxime groups is 1. The molecule has 5 nitrogen and oxygen atoms in total. The van der Waals surface area contributed by atoms with E-state index in [1.807, 2.05) is 43.6 Å². The Morgan fingerprint density at radius 2 is 2.05 bits per heavy atom. The molecule has 0 aliphatic heterocycles. The van der Waals surface area contributed by atoms with Crippen molar-refractivity contribution in [3.05, 3.63) is 48.0 Å². The normalized spacial score (nSPS) is 11.6. The SMILES string of the molecule is CCCn1ccnc1C/C(=N\OCC)c1ccc(N)cc1. The van der Waals surface area contributed by atoms with Crippen LogP contribution >= 0.6 is 0 Å². The number of benzene rings is 1. The number of hydrogen-bond donors (Lipinski definition) is 1. The Labute approximate surface area is 125 Å². The molecule has 0 spiro atoms. The van der Waals surface area contributed by atoms with Crippen molar-refractivity contribution >= 4 is 11.4 Å². The number of rotatable bonds is 7. The first-order valence-electron chi connectivity index (χ1n) is 7.29. The quantitative estimate of drug-likeness (QED) is 0.483. The molecule has 5 heteroatoms. The molecular formula is C16H22N4O. The summed E-state index contributed by atoms with van der Waals surface area (Å²) >= 11 is 0. The molecule has 0 radical (unpaired) electrons. The van der Waals surface area contributed by atoms with E-state index in [1.165, 1.54) is 0 Å². The lowest BCUT2D eigenvalue weighted by Crippen LogP contribution is -2.12. The van der Waals surface area contributed by atoms with Gasteiger partial charge in [0.1, 0.15) is 12.4 Å². The Balaban J connectivity index is 2.24. The molecule has 2 aromatic rings. The highest BCUT2D eigenvalue weighted by atomic mass is 16.6. The van der Waals surface area contributed by atoms with Crippen LogP contribution in [0.5, 0.6) is 0 Å². The second-order valence-corrected chi connectivity index (χ2v) is 4.79. The van der Waals surface area contributed by atoms with Crippen molar-refractivity contribution in [2.45, 2.75) is 33.2 Å². The van der Waals surface area contributed by atoms with Crippen LogP contribution in [0.2, 0.25) is 0 Å². The van der Waals surface area contributed by atoms with Gasteiger partial charge in [0.15, 0.2) is 0 Å². The molecule has 0 aliphatic carbocycles. The molecule has 2 rings (SSSR count). The molecule has 0 atom stereocenters. The molecule has 0 saturated heterocycles. The molecule has 0 bridgehead atoms. The second kappa shape index (κ2) is 7.47. The lowest BCUT2D eigenvalue weighted by atomic mass is 10.1. The van der Waals surface area contributed by atoms with Gasteiger partial charge < -0.3 is 15.1 Å². The number of nitrogen functional groups attached to an aromatic ring is 1. The molecule has 2 N–H and O–H groups in total. The van der Waals surface area contributed by atoms with Crippen LogP contribution in [-0.4, -0.2) is 21.9 Å². The molecule has 1 heterocycles. The van der Waals surface area contributed by atoms with Crippen molar-refractivity contribution in [3.63, 3.8) is 0 Å². The van der Waals surface area contributed by atoms with Crippen molar-refractivity contribution in [1.82, 2.24) is 9.55 Å². The maximum atomic E-state index is 5.74. The van der Waals surface area contributed by atoms with E-state index in [4.69, 9.17) is 10.6 Å². The van der Waals surface area contributed by atoms with E-state index in [-0.39, 0.29) is 0 Å². The molecule has 0 amide bonds. The molecule has 112 valence electrons. The van der Waals surface area contributed by atoms with Crippen LogP contribution in [0.25, 0.3) is 0 Å². The molecule has 21 heavy (non-hydrogen) atoms. The van der Waals surface area contributed by atoms with Gasteiger partial charge in [0.05, 0.1) is 12.1 Å². The summed E-state index contributed by atoms with van der Waals surface area (Å²) in [6.45, 7) is 5.57. The zero-order valence-corrected chi connectivity index (χ0v) is 12.6. The molecule has 1 aromatic heterocycles. The van der Waals surface area contributed by atoms with Gasteiger partial charge in [0.25, 0.3) is 0 Å². The monoisotopic (exact) mass is 286 g/mol. The zero-order chi connectivity index (χ0) is 15.1. The standard InChI is InChI=1S/C16H22N4O/c1-3-10-20-11-9-18-16(20)12-15(19-21-4-2)13-5-7-14(17)8-6-13/h5-9,11H,3-4,10,12,17H2,1-2H3/b19-15+. The summed E-state index contributed by atoms with van der Waals surface area (Å²) in [5.74, 6) is 0.993. The number of anilines is 1. The van der Waals surface area contributed by atoms with E-state index in [0.29, 0.717) is 13.0 Å². The summed E-state index contributed by atoms with van der Waals surface area (Å²) in [5.41, 5.74) is 8.34. The highest BCUT2D eigenvalue weighted by Gasteiger charge is 2.10. The van der Waals surface area contributed by atoms with Crippen LogP contribution in [0, 0.1) is 0 Å². The van der Waals surface area contributed by atoms with E-state index < -0.39 is 0 Å². The first-order chi connectivity index (χ1) is 10.2. The van der Waals surface area contributed by atoms with Crippen LogP contribution in [0.1, 0.15) is 31.7 Å². The summed E-state index contributed by atoms with van der Waals surface area (Å²) < 4.78 is 2.15. The Morgan fingerprint density at radius 3 is 2.71 bits per heavy atom. The highest BCUT2D eigenvalue weighted by Crippen LogP contribution is 2.11. The minimum absolute atomic E-state index is 0.544. The Bertz CT molecular complexity index is 587. The zero-order valence-electron chi connectivity index (χ0n) is 12.6. The molecule has 1 aromatic carbocycles. The Morgan fingerprint density at radius 1 is 1.29 bits per heavy atom. The van der Waals surface area contributed by atoms with Gasteiger partial charge in [-0.3, -0.25) is 0 Å². The van der Waals surface area contributed by atoms with Gasteiger partial charge in [-0.25, -0.2) is 4.98 Å². The minimum Gasteiger partial charge on any atom is -0.399 e. The van der Waals surface area contributed by atoms with Crippen molar-refractivity contribution in [3.8, 4) is 0 Å². The molecule has 0 saturated carbocycles. The van der Waals surface area contributed by atoms with E-state index >= 15 is 0 Å². The highest BCUT2D eigenvalue weighted by molar-refractivity contribution is 6.01. The van der Waals surface area contributed by atoms with Crippen LogP contribution in [0.15, 0.2) is 41.8 Å². The number of nitrogens with zero attached hydrogens (tertiary/aromatic N) is 3. The van der Waals surface area contributed by atoms with Gasteiger partial charge in [-0.2, -0.15) is 0 Å². The topological polar surface area (TPSA) is 65.4 Å². The van der Waals surface area contributed by atoms with Gasteiger partial charge in [0.2, 0.25) is 0 Å². The average molecular weight is 286 g/mol. The van der Waals surface area contributed by atoms with Gasteiger partial charge in [-0.15, -0.1) is 0 Å². The van der Waals surface area contributed by atoms with E-state index in [9.17, 15) is 0 Å². The molecular weight excluding hydrogens is 264 g/mol. The Hall–Kier alpha value is -2.30. The van der Waals surface area contributed by atoms with E-state index in [0.717, 1.165) is 35.8 Å². The van der Waals surface area contributed by atoms with Crippen molar-refractivity contribution in [2.75, 3.05) is 12.3 Å². The summed E-state index contributed by atoms with van der Waals surface area (Å²) in [7, 11) is 0. The third-order valence-corrected chi connectivity index (χ3v) is 3.14. The molecule has 0 aliphatic rings. The van der Waals surface area contributed by atoms with Crippen molar-refractivity contribution < 1.29 is 4.84 Å². The molecule has 0 fully saturated rings. The maximum Gasteiger partial charge on any atom is 0.114 e. The van der Waals surface area contributed by atoms with Crippen LogP contribution < -0.4 is 5.73 Å². The number of aryl methyl sites for hydroxylation is 1. The second-order valence-electron chi connectivity index (χ2n) is 4.79. The Kier molecular flexibility index (Phi) is 5.37. The maximum absolute atomic E-state index is 5.74. The lowest BCUT2D eigenvalue weighted by molar-refractivity contribution is 0.158. The van der Waals surface area contributed by atoms with Gasteiger partial charge in [-0.1, -0.05) is 24.2 Å². The van der Waals surface area contributed by atoms with Crippen LogP contribution in [0.3, 0.4) is 0 Å². The fourth-order valence-electron chi connectivity index (χ4n) is 2.11. The van der Waals surface area contributed by atoms with Gasteiger partial charge in [-0.05, 0) is 31.0 Å². The number of hydrogen-bond acceptors (Lipinski definition) is 4. The fourth-order valence-corrected chi connectivity index (χ4v) is 2.11. The van der Waals surface area contributed by atoms with Crippen LogP contribution in [0.4, 0.5) is 5.69 Å². The first kappa shape index (κ1) is 15.1. The number of nitrogens with two attached hydrogens (primary N) is 1. The summed E-state index contributed by atoms with van der Waals surface area (Å²) in [4.78, 5) is 9.68. The fraction of sp³-hybridized carbons (Fsp3) is 0.375. The van der Waals surface area contributed by atoms with Crippen molar-refractivity contribution in [2.24, 2.45) is 5.16 Å². The van der Waals surface area contributed by atoms with E-state index in [1.54, 1.807) is 0 Å². The average Bonchev–Trinajstić information content (AvgIpc) is 2.92. The largest absolute Gasteiger partial charge is 0.399 e. The third kappa shape index (κ3) is 4.08. The van der Waals surface area contributed by atoms with Crippen LogP contribution in [-0.2, 0) is 17.8 Å². The van der Waals surface area contributed by atoms with Crippen molar-refractivity contribution in [1.29, 1.82) is 0 Å². The number of aromatic nitrogens is 2. The summed E-state index contributed by atoms with van der Waals surface area (Å²) in [5, 5.41) is 4.24. The number of imidazole rings is 1. The van der Waals surface area contributed by atoms with Gasteiger partial charge in [0, 0.05) is 24.6 Å². The third-order valence-electron chi connectivity index (χ3n) is 3.14. The van der Waals surface area contributed by atoms with Gasteiger partial charge >= 0.3 is 0 Å². The van der Waals surface area contributed by atoms with E-state index in [2.05, 4.69) is 21.6 Å². The predicted molar refractivity (Wildman–Crippen MR) is 85.2 cm³/mol. The predicted octanol–water partition coefficient (Wildman–Crippen LogP) is 2.86. The summed E-state index contributed by atoms with van der Waals surface area (Å²) in [6, 6.07) is 7.66. The first-order valence-corrected chi connectivity index (χ1v) is 7.29. The smallest absolute Gasteiger partial charge is 0.114 e. The summed E-state index contributed by atoms with van der Waals surface area (Å²) in [6.07, 6.45) is 5.53. The molecule has 0 unspecified atom stereocenters. The lowest BCUT2D eigenvalue weighted by Gasteiger charge is -2.09. The minimum atomic E-state index is 0.544.